The van der Waals surface area contributed by atoms with E-state index in [1.165, 1.54) is 0 Å². The smallest absolute Gasteiger partial charge is 0.259 e. The Bertz CT molecular complexity index is 889. The van der Waals surface area contributed by atoms with Gasteiger partial charge in [-0.25, -0.2) is 9.37 Å². The molecule has 1 heterocycles. The molecule has 5 heteroatoms. The summed E-state index contributed by atoms with van der Waals surface area (Å²) in [7, 11) is 0. The molecular formula is C16H12ClFN2O. The molecule has 0 aliphatic heterocycles. The van der Waals surface area contributed by atoms with Gasteiger partial charge >= 0.3 is 0 Å². The first-order chi connectivity index (χ1) is 10.1. The topological polar surface area (TPSA) is 45.8 Å². The summed E-state index contributed by atoms with van der Waals surface area (Å²) in [5.41, 5.74) is 2.37. The summed E-state index contributed by atoms with van der Waals surface area (Å²) >= 11 is 5.98. The third kappa shape index (κ3) is 2.54. The van der Waals surface area contributed by atoms with Crippen molar-refractivity contribution in [3.63, 3.8) is 0 Å². The average Bonchev–Trinajstić information content (AvgIpc) is 2.47. The molecule has 1 aromatic heterocycles. The number of halogens is 2. The molecule has 0 unspecified atom stereocenters. The van der Waals surface area contributed by atoms with Crippen molar-refractivity contribution in [2.24, 2.45) is 0 Å². The van der Waals surface area contributed by atoms with Crippen LogP contribution in [0.5, 0.6) is 0 Å². The van der Waals surface area contributed by atoms with Gasteiger partial charge in [-0.3, -0.25) is 4.79 Å². The van der Waals surface area contributed by atoms with Gasteiger partial charge in [0.2, 0.25) is 0 Å². The van der Waals surface area contributed by atoms with Crippen LogP contribution >= 0.6 is 11.6 Å². The van der Waals surface area contributed by atoms with Crippen molar-refractivity contribution in [2.45, 2.75) is 13.6 Å². The lowest BCUT2D eigenvalue weighted by atomic mass is 10.1. The maximum Gasteiger partial charge on any atom is 0.259 e. The number of aryl methyl sites for hydroxylation is 1. The molecule has 0 saturated carbocycles. The highest BCUT2D eigenvalue weighted by Gasteiger charge is 2.09. The zero-order chi connectivity index (χ0) is 15.0. The summed E-state index contributed by atoms with van der Waals surface area (Å²) < 4.78 is 12.8. The average molecular weight is 303 g/mol. The fourth-order valence-corrected chi connectivity index (χ4v) is 2.56. The van der Waals surface area contributed by atoms with Crippen molar-refractivity contribution < 1.29 is 4.39 Å². The number of hydrogen-bond acceptors (Lipinski definition) is 2. The van der Waals surface area contributed by atoms with Crippen LogP contribution in [0.3, 0.4) is 0 Å². The van der Waals surface area contributed by atoms with E-state index in [9.17, 15) is 9.18 Å². The fourth-order valence-electron chi connectivity index (χ4n) is 2.31. The van der Waals surface area contributed by atoms with Crippen LogP contribution in [0.15, 0.2) is 41.2 Å². The van der Waals surface area contributed by atoms with Crippen LogP contribution in [-0.2, 0) is 6.67 Å². The van der Waals surface area contributed by atoms with Crippen LogP contribution in [0, 0.1) is 6.92 Å². The molecular weight excluding hydrogens is 291 g/mol. The number of aromatic nitrogens is 2. The Morgan fingerprint density at radius 2 is 2.10 bits per heavy atom. The van der Waals surface area contributed by atoms with Crippen LogP contribution in [-0.4, -0.2) is 9.97 Å². The van der Waals surface area contributed by atoms with Gasteiger partial charge in [0.1, 0.15) is 12.5 Å². The van der Waals surface area contributed by atoms with Crippen LogP contribution in [0.4, 0.5) is 4.39 Å². The lowest BCUT2D eigenvalue weighted by molar-refractivity contribution is 0.485. The number of rotatable bonds is 2. The zero-order valence-electron chi connectivity index (χ0n) is 11.3. The molecule has 0 radical (unpaired) electrons. The number of alkyl halides is 1. The maximum atomic E-state index is 12.8. The predicted molar refractivity (Wildman–Crippen MR) is 82.4 cm³/mol. The number of aromatic amines is 1. The Morgan fingerprint density at radius 3 is 2.86 bits per heavy atom. The Labute approximate surface area is 125 Å². The van der Waals surface area contributed by atoms with Crippen LogP contribution < -0.4 is 5.56 Å². The van der Waals surface area contributed by atoms with Crippen LogP contribution in [0.1, 0.15) is 11.1 Å². The number of H-pyrrole nitrogens is 1. The van der Waals surface area contributed by atoms with Gasteiger partial charge in [0.25, 0.3) is 5.56 Å². The Morgan fingerprint density at radius 1 is 1.29 bits per heavy atom. The highest BCUT2D eigenvalue weighted by Crippen LogP contribution is 2.24. The van der Waals surface area contributed by atoms with Crippen molar-refractivity contribution in [3.8, 4) is 11.4 Å². The second kappa shape index (κ2) is 5.30. The van der Waals surface area contributed by atoms with Crippen molar-refractivity contribution in [3.05, 3.63) is 62.9 Å². The van der Waals surface area contributed by atoms with Gasteiger partial charge in [0, 0.05) is 10.6 Å². The van der Waals surface area contributed by atoms with Gasteiger partial charge < -0.3 is 4.98 Å². The highest BCUT2D eigenvalue weighted by atomic mass is 35.5. The zero-order valence-corrected chi connectivity index (χ0v) is 12.0. The van der Waals surface area contributed by atoms with Gasteiger partial charge in [-0.1, -0.05) is 23.7 Å². The van der Waals surface area contributed by atoms with Gasteiger partial charge in [-0.15, -0.1) is 0 Å². The molecule has 3 nitrogen and oxygen atoms in total. The highest BCUT2D eigenvalue weighted by molar-refractivity contribution is 6.30. The predicted octanol–water partition coefficient (Wildman–Crippen LogP) is 4.02. The summed E-state index contributed by atoms with van der Waals surface area (Å²) in [5.74, 6) is 0.388. The van der Waals surface area contributed by atoms with Gasteiger partial charge in [-0.2, -0.15) is 0 Å². The molecule has 2 aromatic carbocycles. The summed E-state index contributed by atoms with van der Waals surface area (Å²) in [6.45, 7) is 1.27. The number of para-hydroxylation sites is 1. The van der Waals surface area contributed by atoms with E-state index in [1.807, 2.05) is 19.1 Å². The van der Waals surface area contributed by atoms with Crippen molar-refractivity contribution in [1.82, 2.24) is 9.97 Å². The van der Waals surface area contributed by atoms with Gasteiger partial charge in [0.15, 0.2) is 0 Å². The molecule has 0 bridgehead atoms. The molecule has 0 aliphatic rings. The van der Waals surface area contributed by atoms with E-state index in [-0.39, 0.29) is 5.56 Å². The van der Waals surface area contributed by atoms with Crippen molar-refractivity contribution in [2.75, 3.05) is 0 Å². The first-order valence-electron chi connectivity index (χ1n) is 6.44. The van der Waals surface area contributed by atoms with Crippen molar-refractivity contribution in [1.29, 1.82) is 0 Å². The van der Waals surface area contributed by atoms with E-state index in [0.717, 1.165) is 5.56 Å². The first kappa shape index (κ1) is 13.8. The third-order valence-electron chi connectivity index (χ3n) is 3.32. The second-order valence-electron chi connectivity index (χ2n) is 4.87. The molecule has 3 aromatic rings. The summed E-state index contributed by atoms with van der Waals surface area (Å²) in [5, 5.41) is 0.944. The first-order valence-corrected chi connectivity index (χ1v) is 6.82. The lowest BCUT2D eigenvalue weighted by Gasteiger charge is -2.07. The number of nitrogens with one attached hydrogen (secondary N) is 1. The minimum absolute atomic E-state index is 0.222. The largest absolute Gasteiger partial charge is 0.306 e. The minimum Gasteiger partial charge on any atom is -0.306 e. The number of fused-ring (bicyclic) bond motifs is 1. The van der Waals surface area contributed by atoms with Crippen molar-refractivity contribution >= 4 is 22.5 Å². The molecule has 0 amide bonds. The Hall–Kier alpha value is -2.20. The molecule has 3 rings (SSSR count). The molecule has 0 saturated heterocycles. The van der Waals surface area contributed by atoms with Crippen LogP contribution in [0.2, 0.25) is 5.02 Å². The molecule has 1 N–H and O–H groups in total. The van der Waals surface area contributed by atoms with Gasteiger partial charge in [-0.05, 0) is 42.3 Å². The van der Waals surface area contributed by atoms with E-state index in [4.69, 9.17) is 11.6 Å². The normalized spacial score (nSPS) is 11.0. The van der Waals surface area contributed by atoms with E-state index in [0.29, 0.717) is 32.9 Å². The second-order valence-corrected chi connectivity index (χ2v) is 5.30. The SMILES string of the molecule is Cc1cccc2c(=O)[nH]c(-c3cc(Cl)cc(CF)c3)nc12. The van der Waals surface area contributed by atoms with E-state index in [1.54, 1.807) is 24.3 Å². The molecule has 21 heavy (non-hydrogen) atoms. The summed E-state index contributed by atoms with van der Waals surface area (Å²) in [6.07, 6.45) is 0. The van der Waals surface area contributed by atoms with Gasteiger partial charge in [0.05, 0.1) is 10.9 Å². The Kier molecular flexibility index (Phi) is 3.47. The fraction of sp³-hybridized carbons (Fsp3) is 0.125. The van der Waals surface area contributed by atoms with E-state index < -0.39 is 6.67 Å². The minimum atomic E-state index is -0.621. The third-order valence-corrected chi connectivity index (χ3v) is 3.54. The van der Waals surface area contributed by atoms with E-state index >= 15 is 0 Å². The molecule has 0 spiro atoms. The molecule has 0 atom stereocenters. The molecule has 106 valence electrons. The standard InChI is InChI=1S/C16H12ClFN2O/c1-9-3-2-4-13-14(9)19-15(20-16(13)21)11-5-10(8-18)6-12(17)7-11/h2-7H,8H2,1H3,(H,19,20,21). The Balaban J connectivity index is 2.28. The lowest BCUT2D eigenvalue weighted by Crippen LogP contribution is -2.10. The monoisotopic (exact) mass is 302 g/mol. The molecule has 0 aliphatic carbocycles. The summed E-state index contributed by atoms with van der Waals surface area (Å²) in [6, 6.07) is 10.3. The number of nitrogens with zero attached hydrogens (tertiary/aromatic N) is 1. The van der Waals surface area contributed by atoms with Crippen LogP contribution in [0.25, 0.3) is 22.3 Å². The maximum absolute atomic E-state index is 12.8. The summed E-state index contributed by atoms with van der Waals surface area (Å²) in [4.78, 5) is 19.4. The number of hydrogen-bond donors (Lipinski definition) is 1. The molecule has 0 fully saturated rings. The quantitative estimate of drug-likeness (QED) is 0.777. The van der Waals surface area contributed by atoms with E-state index in [2.05, 4.69) is 9.97 Å². The number of benzene rings is 2.